The Morgan fingerprint density at radius 1 is 0.862 bits per heavy atom. The van der Waals surface area contributed by atoms with Gasteiger partial charge in [-0.25, -0.2) is 8.42 Å². The van der Waals surface area contributed by atoms with E-state index in [1.54, 1.807) is 16.4 Å². The minimum atomic E-state index is -3.42. The molecule has 2 fully saturated rings. The maximum atomic E-state index is 12.8. The standard InChI is InChI=1S/C21H27N3O3S2/c25-20(23-15-13-22(14-16-23)18-7-3-1-4-8-18)17-19-9-10-21(28-19)29(26,27)24-11-5-2-6-12-24/h1,3-4,7-10H,2,5-6,11-17H2. The van der Waals surface area contributed by atoms with Crippen LogP contribution in [0.15, 0.2) is 46.7 Å². The van der Waals surface area contributed by atoms with E-state index in [9.17, 15) is 13.2 Å². The van der Waals surface area contributed by atoms with Crippen LogP contribution in [0.2, 0.25) is 0 Å². The molecule has 1 aromatic carbocycles. The number of thiophene rings is 1. The SMILES string of the molecule is O=C(Cc1ccc(S(=O)(=O)N2CCCCC2)s1)N1CCN(c2ccccc2)CC1. The Labute approximate surface area is 176 Å². The predicted octanol–water partition coefficient (Wildman–Crippen LogP) is 2.81. The molecular weight excluding hydrogens is 406 g/mol. The van der Waals surface area contributed by atoms with Gasteiger partial charge in [0.25, 0.3) is 10.0 Å². The molecule has 0 saturated carbocycles. The van der Waals surface area contributed by atoms with Crippen LogP contribution in [0.3, 0.4) is 0 Å². The number of rotatable bonds is 5. The van der Waals surface area contributed by atoms with Gasteiger partial charge in [0.1, 0.15) is 4.21 Å². The average Bonchev–Trinajstić information content (AvgIpc) is 3.24. The second-order valence-corrected chi connectivity index (χ2v) is 10.9. The van der Waals surface area contributed by atoms with Crippen LogP contribution < -0.4 is 4.90 Å². The van der Waals surface area contributed by atoms with E-state index in [4.69, 9.17) is 0 Å². The van der Waals surface area contributed by atoms with Crippen molar-refractivity contribution in [2.45, 2.75) is 29.9 Å². The molecule has 0 N–H and O–H groups in total. The van der Waals surface area contributed by atoms with Crippen molar-refractivity contribution in [3.05, 3.63) is 47.3 Å². The molecule has 1 amide bonds. The van der Waals surface area contributed by atoms with Crippen LogP contribution in [0.4, 0.5) is 5.69 Å². The number of nitrogens with zero attached hydrogens (tertiary/aromatic N) is 3. The zero-order valence-corrected chi connectivity index (χ0v) is 18.1. The van der Waals surface area contributed by atoms with Gasteiger partial charge in [0.2, 0.25) is 5.91 Å². The maximum absolute atomic E-state index is 12.8. The van der Waals surface area contributed by atoms with Crippen LogP contribution in [0.5, 0.6) is 0 Å². The van der Waals surface area contributed by atoms with Crippen LogP contribution in [-0.2, 0) is 21.2 Å². The molecule has 0 unspecified atom stereocenters. The van der Waals surface area contributed by atoms with Gasteiger partial charge in [0.15, 0.2) is 0 Å². The third-order valence-corrected chi connectivity index (χ3v) is 9.08. The minimum Gasteiger partial charge on any atom is -0.368 e. The third-order valence-electron chi connectivity index (χ3n) is 5.63. The Bertz CT molecular complexity index is 929. The number of anilines is 1. The van der Waals surface area contributed by atoms with E-state index in [1.807, 2.05) is 23.1 Å². The smallest absolute Gasteiger partial charge is 0.252 e. The molecule has 0 spiro atoms. The first-order valence-electron chi connectivity index (χ1n) is 10.2. The molecule has 4 rings (SSSR count). The number of sulfonamides is 1. The van der Waals surface area contributed by atoms with Crippen LogP contribution in [0.25, 0.3) is 0 Å². The highest BCUT2D eigenvalue weighted by Crippen LogP contribution is 2.27. The van der Waals surface area contributed by atoms with Gasteiger partial charge in [-0.3, -0.25) is 4.79 Å². The highest BCUT2D eigenvalue weighted by Gasteiger charge is 2.28. The van der Waals surface area contributed by atoms with Gasteiger partial charge >= 0.3 is 0 Å². The number of benzene rings is 1. The fraction of sp³-hybridized carbons (Fsp3) is 0.476. The van der Waals surface area contributed by atoms with E-state index < -0.39 is 10.0 Å². The molecule has 0 aliphatic carbocycles. The molecule has 0 atom stereocenters. The number of piperidine rings is 1. The Hall–Kier alpha value is -1.90. The molecule has 0 radical (unpaired) electrons. The van der Waals surface area contributed by atoms with E-state index in [0.717, 1.165) is 37.2 Å². The third kappa shape index (κ3) is 4.65. The van der Waals surface area contributed by atoms with E-state index in [0.29, 0.717) is 30.4 Å². The molecule has 156 valence electrons. The predicted molar refractivity (Wildman–Crippen MR) is 116 cm³/mol. The fourth-order valence-electron chi connectivity index (χ4n) is 3.94. The summed E-state index contributed by atoms with van der Waals surface area (Å²) in [6, 6.07) is 13.7. The molecular formula is C21H27N3O3S2. The van der Waals surface area contributed by atoms with Crippen LogP contribution in [-0.4, -0.2) is 62.8 Å². The van der Waals surface area contributed by atoms with E-state index in [1.165, 1.54) is 17.0 Å². The van der Waals surface area contributed by atoms with Crippen LogP contribution >= 0.6 is 11.3 Å². The largest absolute Gasteiger partial charge is 0.368 e. The fourth-order valence-corrected chi connectivity index (χ4v) is 6.96. The van der Waals surface area contributed by atoms with Crippen LogP contribution in [0.1, 0.15) is 24.1 Å². The quantitative estimate of drug-likeness (QED) is 0.728. The molecule has 8 heteroatoms. The molecule has 29 heavy (non-hydrogen) atoms. The summed E-state index contributed by atoms with van der Waals surface area (Å²) in [5, 5.41) is 0. The van der Waals surface area contributed by atoms with Crippen molar-refractivity contribution in [2.75, 3.05) is 44.2 Å². The second kappa shape index (κ2) is 8.85. The summed E-state index contributed by atoms with van der Waals surface area (Å²) < 4.78 is 27.5. The monoisotopic (exact) mass is 433 g/mol. The molecule has 2 saturated heterocycles. The van der Waals surface area contributed by atoms with Gasteiger partial charge < -0.3 is 9.80 Å². The van der Waals surface area contributed by atoms with Gasteiger partial charge in [0.05, 0.1) is 6.42 Å². The topological polar surface area (TPSA) is 60.9 Å². The van der Waals surface area contributed by atoms with Gasteiger partial charge in [0, 0.05) is 49.8 Å². The minimum absolute atomic E-state index is 0.0708. The van der Waals surface area contributed by atoms with Crippen molar-refractivity contribution in [2.24, 2.45) is 0 Å². The summed E-state index contributed by atoms with van der Waals surface area (Å²) in [7, 11) is -3.42. The average molecular weight is 434 g/mol. The molecule has 2 aliphatic heterocycles. The van der Waals surface area contributed by atoms with Crippen LogP contribution in [0, 0.1) is 0 Å². The van der Waals surface area contributed by atoms with Crippen molar-refractivity contribution in [3.63, 3.8) is 0 Å². The van der Waals surface area contributed by atoms with Crippen molar-refractivity contribution in [1.82, 2.24) is 9.21 Å². The molecule has 2 aromatic rings. The Kier molecular flexibility index (Phi) is 6.22. The summed E-state index contributed by atoms with van der Waals surface area (Å²) in [5.74, 6) is 0.0708. The van der Waals surface area contributed by atoms with Gasteiger partial charge in [-0.1, -0.05) is 24.6 Å². The summed E-state index contributed by atoms with van der Waals surface area (Å²) in [6.45, 7) is 4.21. The summed E-state index contributed by atoms with van der Waals surface area (Å²) >= 11 is 1.24. The first-order chi connectivity index (χ1) is 14.0. The van der Waals surface area contributed by atoms with E-state index >= 15 is 0 Å². The molecule has 1 aromatic heterocycles. The zero-order valence-electron chi connectivity index (χ0n) is 16.5. The van der Waals surface area contributed by atoms with Gasteiger partial charge in [-0.05, 0) is 37.1 Å². The van der Waals surface area contributed by atoms with Crippen molar-refractivity contribution < 1.29 is 13.2 Å². The Morgan fingerprint density at radius 2 is 1.55 bits per heavy atom. The van der Waals surface area contributed by atoms with E-state index in [2.05, 4.69) is 17.0 Å². The lowest BCUT2D eigenvalue weighted by Crippen LogP contribution is -2.49. The lowest BCUT2D eigenvalue weighted by molar-refractivity contribution is -0.130. The number of piperazine rings is 1. The summed E-state index contributed by atoms with van der Waals surface area (Å²) in [4.78, 5) is 17.7. The number of para-hydroxylation sites is 1. The molecule has 2 aliphatic rings. The summed E-state index contributed by atoms with van der Waals surface area (Å²) in [6.07, 6.45) is 3.20. The number of hydrogen-bond acceptors (Lipinski definition) is 5. The zero-order chi connectivity index (χ0) is 20.3. The number of carbonyl (C=O) groups excluding carboxylic acids is 1. The summed E-state index contributed by atoms with van der Waals surface area (Å²) in [5.41, 5.74) is 1.19. The van der Waals surface area contributed by atoms with Gasteiger partial charge in [-0.15, -0.1) is 11.3 Å². The molecule has 3 heterocycles. The molecule has 0 bridgehead atoms. The molecule has 6 nitrogen and oxygen atoms in total. The highest BCUT2D eigenvalue weighted by atomic mass is 32.2. The number of carbonyl (C=O) groups is 1. The van der Waals surface area contributed by atoms with Crippen molar-refractivity contribution >= 4 is 33.0 Å². The number of amides is 1. The van der Waals surface area contributed by atoms with E-state index in [-0.39, 0.29) is 12.3 Å². The van der Waals surface area contributed by atoms with Crippen molar-refractivity contribution in [3.8, 4) is 0 Å². The maximum Gasteiger partial charge on any atom is 0.252 e. The first kappa shape index (κ1) is 20.4. The number of hydrogen-bond donors (Lipinski definition) is 0. The lowest BCUT2D eigenvalue weighted by atomic mass is 10.2. The normalized spacial score (nSPS) is 18.8. The lowest BCUT2D eigenvalue weighted by Gasteiger charge is -2.36. The Morgan fingerprint density at radius 3 is 2.24 bits per heavy atom. The Balaban J connectivity index is 1.34. The highest BCUT2D eigenvalue weighted by molar-refractivity contribution is 7.91. The first-order valence-corrected chi connectivity index (χ1v) is 12.5. The van der Waals surface area contributed by atoms with Gasteiger partial charge in [-0.2, -0.15) is 4.31 Å². The second-order valence-electron chi connectivity index (χ2n) is 7.57. The van der Waals surface area contributed by atoms with Crippen molar-refractivity contribution in [1.29, 1.82) is 0 Å².